The number of fused-ring (bicyclic) bond motifs is 1. The third-order valence-electron chi connectivity index (χ3n) is 3.28. The van der Waals surface area contributed by atoms with Crippen molar-refractivity contribution >= 4 is 5.57 Å². The third-order valence-corrected chi connectivity index (χ3v) is 3.28. The second-order valence-electron chi connectivity index (χ2n) is 4.40. The zero-order chi connectivity index (χ0) is 10.8. The molecule has 16 heavy (non-hydrogen) atoms. The molecular weight excluding hydrogens is 200 g/mol. The lowest BCUT2D eigenvalue weighted by atomic mass is 10.0. The minimum Gasteiger partial charge on any atom is -0.454 e. The van der Waals surface area contributed by atoms with Crippen LogP contribution in [0.1, 0.15) is 37.7 Å². The number of hydrogen-bond acceptors (Lipinski definition) is 2. The van der Waals surface area contributed by atoms with Crippen LogP contribution in [0.25, 0.3) is 5.57 Å². The van der Waals surface area contributed by atoms with Gasteiger partial charge in [-0.25, -0.2) is 0 Å². The van der Waals surface area contributed by atoms with Crippen molar-refractivity contribution in [2.24, 2.45) is 0 Å². The van der Waals surface area contributed by atoms with E-state index >= 15 is 0 Å². The quantitative estimate of drug-likeness (QED) is 0.711. The Morgan fingerprint density at radius 1 is 0.938 bits per heavy atom. The first-order valence-corrected chi connectivity index (χ1v) is 6.02. The first-order chi connectivity index (χ1) is 7.93. The van der Waals surface area contributed by atoms with E-state index in [0.29, 0.717) is 6.79 Å². The van der Waals surface area contributed by atoms with Crippen molar-refractivity contribution in [2.75, 3.05) is 6.79 Å². The van der Waals surface area contributed by atoms with E-state index in [1.165, 1.54) is 43.2 Å². The number of allylic oxidation sites excluding steroid dienone is 2. The average molecular weight is 216 g/mol. The highest BCUT2D eigenvalue weighted by Gasteiger charge is 2.14. The van der Waals surface area contributed by atoms with E-state index in [4.69, 9.17) is 9.47 Å². The van der Waals surface area contributed by atoms with Gasteiger partial charge in [0.25, 0.3) is 0 Å². The van der Waals surface area contributed by atoms with Crippen molar-refractivity contribution in [3.63, 3.8) is 0 Å². The molecule has 2 nitrogen and oxygen atoms in total. The fraction of sp³-hybridized carbons (Fsp3) is 0.429. The average Bonchev–Trinajstić information content (AvgIpc) is 2.61. The highest BCUT2D eigenvalue weighted by atomic mass is 16.7. The predicted octanol–water partition coefficient (Wildman–Crippen LogP) is 3.76. The van der Waals surface area contributed by atoms with Crippen molar-refractivity contribution in [1.82, 2.24) is 0 Å². The van der Waals surface area contributed by atoms with Gasteiger partial charge in [0.2, 0.25) is 6.79 Å². The second kappa shape index (κ2) is 4.20. The van der Waals surface area contributed by atoms with Gasteiger partial charge < -0.3 is 9.47 Å². The molecule has 1 aromatic carbocycles. The van der Waals surface area contributed by atoms with Crippen molar-refractivity contribution < 1.29 is 9.47 Å². The zero-order valence-electron chi connectivity index (χ0n) is 9.37. The Labute approximate surface area is 95.9 Å². The van der Waals surface area contributed by atoms with Gasteiger partial charge in [-0.05, 0) is 49.0 Å². The second-order valence-corrected chi connectivity index (χ2v) is 4.40. The van der Waals surface area contributed by atoms with E-state index in [0.717, 1.165) is 11.5 Å². The van der Waals surface area contributed by atoms with E-state index < -0.39 is 0 Å². The maximum absolute atomic E-state index is 5.41. The van der Waals surface area contributed by atoms with Gasteiger partial charge in [0, 0.05) is 0 Å². The molecule has 0 spiro atoms. The van der Waals surface area contributed by atoms with Crippen LogP contribution in [0.15, 0.2) is 24.3 Å². The predicted molar refractivity (Wildman–Crippen MR) is 63.6 cm³/mol. The van der Waals surface area contributed by atoms with Gasteiger partial charge in [-0.1, -0.05) is 18.6 Å². The maximum atomic E-state index is 5.41. The minimum absolute atomic E-state index is 0.359. The summed E-state index contributed by atoms with van der Waals surface area (Å²) in [6.07, 6.45) is 8.77. The molecule has 0 fully saturated rings. The Bertz CT molecular complexity index is 421. The van der Waals surface area contributed by atoms with Crippen LogP contribution in [-0.2, 0) is 0 Å². The summed E-state index contributed by atoms with van der Waals surface area (Å²) < 4.78 is 10.7. The molecule has 0 N–H and O–H groups in total. The van der Waals surface area contributed by atoms with Gasteiger partial charge in [-0.2, -0.15) is 0 Å². The van der Waals surface area contributed by atoms with Gasteiger partial charge >= 0.3 is 0 Å². The zero-order valence-corrected chi connectivity index (χ0v) is 9.37. The molecule has 1 aliphatic carbocycles. The summed E-state index contributed by atoms with van der Waals surface area (Å²) in [5, 5.41) is 0. The number of hydrogen-bond donors (Lipinski definition) is 0. The van der Waals surface area contributed by atoms with Crippen LogP contribution >= 0.6 is 0 Å². The van der Waals surface area contributed by atoms with Crippen LogP contribution in [-0.4, -0.2) is 6.79 Å². The summed E-state index contributed by atoms with van der Waals surface area (Å²) in [5.74, 6) is 1.76. The molecule has 0 amide bonds. The fourth-order valence-corrected chi connectivity index (χ4v) is 2.37. The number of rotatable bonds is 1. The van der Waals surface area contributed by atoms with Crippen LogP contribution in [0, 0.1) is 0 Å². The molecule has 0 bridgehead atoms. The molecule has 1 aromatic rings. The highest BCUT2D eigenvalue weighted by Crippen LogP contribution is 2.36. The van der Waals surface area contributed by atoms with Gasteiger partial charge in [-0.3, -0.25) is 0 Å². The molecule has 0 unspecified atom stereocenters. The van der Waals surface area contributed by atoms with E-state index in [1.54, 1.807) is 0 Å². The van der Waals surface area contributed by atoms with Crippen LogP contribution < -0.4 is 9.47 Å². The molecule has 0 saturated carbocycles. The molecule has 0 atom stereocenters. The summed E-state index contributed by atoms with van der Waals surface area (Å²) >= 11 is 0. The molecule has 0 radical (unpaired) electrons. The van der Waals surface area contributed by atoms with Crippen molar-refractivity contribution in [1.29, 1.82) is 0 Å². The normalized spacial score (nSPS) is 19.1. The van der Waals surface area contributed by atoms with E-state index in [2.05, 4.69) is 18.2 Å². The molecular formula is C14H16O2. The van der Waals surface area contributed by atoms with Crippen molar-refractivity contribution in [3.05, 3.63) is 29.8 Å². The number of benzene rings is 1. The van der Waals surface area contributed by atoms with Gasteiger partial charge in [-0.15, -0.1) is 0 Å². The van der Waals surface area contributed by atoms with Crippen LogP contribution in [0.2, 0.25) is 0 Å². The molecule has 1 heterocycles. The molecule has 3 rings (SSSR count). The fourth-order valence-electron chi connectivity index (χ4n) is 2.37. The Balaban J connectivity index is 1.91. The monoisotopic (exact) mass is 216 g/mol. The van der Waals surface area contributed by atoms with Gasteiger partial charge in [0.15, 0.2) is 11.5 Å². The topological polar surface area (TPSA) is 18.5 Å². The first-order valence-electron chi connectivity index (χ1n) is 6.02. The van der Waals surface area contributed by atoms with Crippen LogP contribution in [0.3, 0.4) is 0 Å². The van der Waals surface area contributed by atoms with E-state index in [9.17, 15) is 0 Å². The summed E-state index contributed by atoms with van der Waals surface area (Å²) in [6.45, 7) is 0.359. The van der Waals surface area contributed by atoms with E-state index in [1.807, 2.05) is 6.07 Å². The third kappa shape index (κ3) is 1.80. The molecule has 0 aromatic heterocycles. The summed E-state index contributed by atoms with van der Waals surface area (Å²) in [5.41, 5.74) is 2.77. The molecule has 2 aliphatic rings. The van der Waals surface area contributed by atoms with Gasteiger partial charge in [0.1, 0.15) is 0 Å². The SMILES string of the molecule is C1=C(c2ccc3c(c2)OCO3)CCCCC1. The van der Waals surface area contributed by atoms with E-state index in [-0.39, 0.29) is 0 Å². The number of ether oxygens (including phenoxy) is 2. The first kappa shape index (κ1) is 9.76. The summed E-state index contributed by atoms with van der Waals surface area (Å²) in [7, 11) is 0. The lowest BCUT2D eigenvalue weighted by molar-refractivity contribution is 0.174. The lowest BCUT2D eigenvalue weighted by Gasteiger charge is -2.06. The molecule has 84 valence electrons. The minimum atomic E-state index is 0.359. The van der Waals surface area contributed by atoms with Crippen molar-refractivity contribution in [3.8, 4) is 11.5 Å². The summed E-state index contributed by atoms with van der Waals surface area (Å²) in [6, 6.07) is 6.27. The van der Waals surface area contributed by atoms with Gasteiger partial charge in [0.05, 0.1) is 0 Å². The molecule has 2 heteroatoms. The maximum Gasteiger partial charge on any atom is 0.231 e. The Morgan fingerprint density at radius 3 is 2.88 bits per heavy atom. The molecule has 0 saturated heterocycles. The van der Waals surface area contributed by atoms with Crippen LogP contribution in [0.4, 0.5) is 0 Å². The Kier molecular flexibility index (Phi) is 2.56. The Morgan fingerprint density at radius 2 is 1.88 bits per heavy atom. The van der Waals surface area contributed by atoms with Crippen molar-refractivity contribution in [2.45, 2.75) is 32.1 Å². The summed E-state index contributed by atoms with van der Waals surface area (Å²) in [4.78, 5) is 0. The highest BCUT2D eigenvalue weighted by molar-refractivity contribution is 5.68. The smallest absolute Gasteiger partial charge is 0.231 e. The Hall–Kier alpha value is -1.44. The van der Waals surface area contributed by atoms with Crippen LogP contribution in [0.5, 0.6) is 11.5 Å². The standard InChI is InChI=1S/C14H16O2/c1-2-4-6-11(5-3-1)12-7-8-13-14(9-12)16-10-15-13/h5,7-9H,1-4,6,10H2. The lowest BCUT2D eigenvalue weighted by Crippen LogP contribution is -1.92. The molecule has 1 aliphatic heterocycles. The largest absolute Gasteiger partial charge is 0.454 e.